The topological polar surface area (TPSA) is 96.5 Å². The number of hydrogen-bond donors (Lipinski definition) is 3. The van der Waals surface area contributed by atoms with Gasteiger partial charge in [-0.2, -0.15) is 0 Å². The van der Waals surface area contributed by atoms with Crippen molar-refractivity contribution in [2.45, 2.75) is 51.9 Å². The van der Waals surface area contributed by atoms with Gasteiger partial charge in [0.1, 0.15) is 0 Å². The van der Waals surface area contributed by atoms with Gasteiger partial charge in [0.05, 0.1) is 6.61 Å². The van der Waals surface area contributed by atoms with E-state index in [9.17, 15) is 14.4 Å². The van der Waals surface area contributed by atoms with Gasteiger partial charge in [0.2, 0.25) is 5.91 Å². The van der Waals surface area contributed by atoms with Crippen molar-refractivity contribution in [2.75, 3.05) is 11.9 Å². The molecule has 7 nitrogen and oxygen atoms in total. The number of hydrazine groups is 1. The lowest BCUT2D eigenvalue weighted by atomic mass is 9.49. The van der Waals surface area contributed by atoms with E-state index in [0.717, 1.165) is 37.0 Å². The van der Waals surface area contributed by atoms with Crippen LogP contribution >= 0.6 is 0 Å². The summed E-state index contributed by atoms with van der Waals surface area (Å²) in [5, 5.41) is 2.57. The van der Waals surface area contributed by atoms with Crippen LogP contribution in [0.15, 0.2) is 24.3 Å². The molecule has 0 aliphatic heterocycles. The number of anilines is 1. The largest absolute Gasteiger partial charge is 0.450 e. The highest BCUT2D eigenvalue weighted by Crippen LogP contribution is 2.61. The van der Waals surface area contributed by atoms with Crippen LogP contribution in [-0.2, 0) is 9.53 Å². The first-order valence-corrected chi connectivity index (χ1v) is 10.6. The summed E-state index contributed by atoms with van der Waals surface area (Å²) in [6.07, 6.45) is 7.48. The molecule has 0 spiro atoms. The molecule has 0 unspecified atom stereocenters. The fraction of sp³-hybridized carbons (Fsp3) is 0.591. The van der Waals surface area contributed by atoms with E-state index in [1.165, 1.54) is 19.3 Å². The molecule has 0 radical (unpaired) electrons. The highest BCUT2D eigenvalue weighted by Gasteiger charge is 2.51. The third kappa shape index (κ3) is 4.54. The van der Waals surface area contributed by atoms with Gasteiger partial charge in [-0.15, -0.1) is 0 Å². The number of nitrogens with one attached hydrogen (secondary N) is 3. The highest BCUT2D eigenvalue weighted by molar-refractivity contribution is 5.96. The van der Waals surface area contributed by atoms with E-state index in [1.807, 2.05) is 0 Å². The minimum Gasteiger partial charge on any atom is -0.450 e. The normalized spacial score (nSPS) is 29.2. The lowest BCUT2D eigenvalue weighted by Crippen LogP contribution is -2.50. The summed E-state index contributed by atoms with van der Waals surface area (Å²) in [5.74, 6) is 1.90. The van der Waals surface area contributed by atoms with Crippen LogP contribution in [0.4, 0.5) is 10.5 Å². The number of carbonyl (C=O) groups is 3. The average molecular weight is 399 g/mol. The Labute approximate surface area is 170 Å². The monoisotopic (exact) mass is 399 g/mol. The summed E-state index contributed by atoms with van der Waals surface area (Å²) in [6.45, 7) is 2.01. The summed E-state index contributed by atoms with van der Waals surface area (Å²) >= 11 is 0. The molecule has 4 fully saturated rings. The molecule has 4 aliphatic rings. The van der Waals surface area contributed by atoms with Crippen molar-refractivity contribution in [1.82, 2.24) is 10.9 Å². The SMILES string of the molecule is CCOC(=O)Nc1ccc(C(=O)NNC(=O)CC23CC4CC(CC(C4)C2)C3)cc1. The summed E-state index contributed by atoms with van der Waals surface area (Å²) in [6, 6.07) is 6.40. The molecule has 0 saturated heterocycles. The molecule has 0 heterocycles. The Hall–Kier alpha value is -2.57. The number of amides is 3. The van der Waals surface area contributed by atoms with Crippen molar-refractivity contribution in [3.63, 3.8) is 0 Å². The second-order valence-electron chi connectivity index (χ2n) is 9.02. The third-order valence-corrected chi connectivity index (χ3v) is 6.68. The van der Waals surface area contributed by atoms with Gasteiger partial charge in [-0.05, 0) is 92.9 Å². The van der Waals surface area contributed by atoms with Crippen LogP contribution in [0.3, 0.4) is 0 Å². The summed E-state index contributed by atoms with van der Waals surface area (Å²) in [7, 11) is 0. The molecule has 1 aromatic carbocycles. The van der Waals surface area contributed by atoms with Gasteiger partial charge in [-0.3, -0.25) is 25.8 Å². The molecular weight excluding hydrogens is 370 g/mol. The molecule has 156 valence electrons. The van der Waals surface area contributed by atoms with Crippen molar-refractivity contribution in [1.29, 1.82) is 0 Å². The Morgan fingerprint density at radius 3 is 2.10 bits per heavy atom. The first-order chi connectivity index (χ1) is 13.9. The Balaban J connectivity index is 1.26. The summed E-state index contributed by atoms with van der Waals surface area (Å²) in [5.41, 5.74) is 6.18. The first-order valence-electron chi connectivity index (χ1n) is 10.6. The molecule has 3 amide bonds. The Kier molecular flexibility index (Phi) is 5.48. The standard InChI is InChI=1S/C22H29N3O4/c1-2-29-21(28)23-18-5-3-17(4-6-18)20(27)25-24-19(26)13-22-10-14-7-15(11-22)9-16(8-14)12-22/h3-6,14-16H,2,7-13H2,1H3,(H,23,28)(H,24,26)(H,25,27). The molecule has 3 N–H and O–H groups in total. The molecule has 0 aromatic heterocycles. The average Bonchev–Trinajstić information content (AvgIpc) is 2.65. The molecule has 1 aromatic rings. The molecule has 4 bridgehead atoms. The number of hydrogen-bond acceptors (Lipinski definition) is 4. The van der Waals surface area contributed by atoms with E-state index in [4.69, 9.17) is 4.74 Å². The van der Waals surface area contributed by atoms with Crippen LogP contribution in [0, 0.1) is 23.2 Å². The quantitative estimate of drug-likeness (QED) is 0.659. The van der Waals surface area contributed by atoms with Crippen LogP contribution in [0.2, 0.25) is 0 Å². The van der Waals surface area contributed by atoms with Crippen LogP contribution in [0.1, 0.15) is 62.2 Å². The van der Waals surface area contributed by atoms with E-state index >= 15 is 0 Å². The van der Waals surface area contributed by atoms with E-state index in [0.29, 0.717) is 17.7 Å². The Bertz CT molecular complexity index is 754. The van der Waals surface area contributed by atoms with Gasteiger partial charge in [-0.25, -0.2) is 4.79 Å². The smallest absolute Gasteiger partial charge is 0.411 e. The maximum absolute atomic E-state index is 12.5. The fourth-order valence-corrected chi connectivity index (χ4v) is 6.08. The predicted molar refractivity (Wildman–Crippen MR) is 108 cm³/mol. The zero-order valence-electron chi connectivity index (χ0n) is 16.8. The number of benzene rings is 1. The minimum atomic E-state index is -0.540. The number of carbonyl (C=O) groups excluding carboxylic acids is 3. The van der Waals surface area contributed by atoms with Gasteiger partial charge < -0.3 is 4.74 Å². The summed E-state index contributed by atoms with van der Waals surface area (Å²) in [4.78, 5) is 36.2. The molecule has 0 atom stereocenters. The van der Waals surface area contributed by atoms with Crippen molar-refractivity contribution in [3.05, 3.63) is 29.8 Å². The lowest BCUT2D eigenvalue weighted by molar-refractivity contribution is -0.130. The lowest BCUT2D eigenvalue weighted by Gasteiger charge is -2.56. The van der Waals surface area contributed by atoms with Gasteiger partial charge in [0, 0.05) is 17.7 Å². The van der Waals surface area contributed by atoms with E-state index in [1.54, 1.807) is 31.2 Å². The van der Waals surface area contributed by atoms with E-state index < -0.39 is 6.09 Å². The van der Waals surface area contributed by atoms with Crippen molar-refractivity contribution in [3.8, 4) is 0 Å². The maximum Gasteiger partial charge on any atom is 0.411 e. The van der Waals surface area contributed by atoms with Crippen molar-refractivity contribution in [2.24, 2.45) is 23.2 Å². The first kappa shape index (κ1) is 19.7. The molecular formula is C22H29N3O4. The molecule has 7 heteroatoms. The fourth-order valence-electron chi connectivity index (χ4n) is 6.08. The zero-order valence-corrected chi connectivity index (χ0v) is 16.8. The second-order valence-corrected chi connectivity index (χ2v) is 9.02. The molecule has 4 aliphatic carbocycles. The van der Waals surface area contributed by atoms with Crippen molar-refractivity contribution < 1.29 is 19.1 Å². The molecule has 29 heavy (non-hydrogen) atoms. The van der Waals surface area contributed by atoms with Crippen LogP contribution in [0.5, 0.6) is 0 Å². The maximum atomic E-state index is 12.5. The molecule has 4 saturated carbocycles. The second kappa shape index (κ2) is 8.05. The zero-order chi connectivity index (χ0) is 20.4. The highest BCUT2D eigenvalue weighted by atomic mass is 16.5. The van der Waals surface area contributed by atoms with Crippen LogP contribution < -0.4 is 16.2 Å². The van der Waals surface area contributed by atoms with Crippen LogP contribution in [0.25, 0.3) is 0 Å². The minimum absolute atomic E-state index is 0.110. The Morgan fingerprint density at radius 2 is 1.55 bits per heavy atom. The Morgan fingerprint density at radius 1 is 0.966 bits per heavy atom. The van der Waals surface area contributed by atoms with Gasteiger partial charge >= 0.3 is 6.09 Å². The van der Waals surface area contributed by atoms with Crippen molar-refractivity contribution >= 4 is 23.6 Å². The predicted octanol–water partition coefficient (Wildman–Crippen LogP) is 3.62. The number of ether oxygens (including phenoxy) is 1. The van der Waals surface area contributed by atoms with E-state index in [2.05, 4.69) is 16.2 Å². The van der Waals surface area contributed by atoms with Gasteiger partial charge in [-0.1, -0.05) is 0 Å². The third-order valence-electron chi connectivity index (χ3n) is 6.68. The van der Waals surface area contributed by atoms with E-state index in [-0.39, 0.29) is 23.8 Å². The molecule has 5 rings (SSSR count). The number of rotatable bonds is 5. The van der Waals surface area contributed by atoms with Gasteiger partial charge in [0.15, 0.2) is 0 Å². The summed E-state index contributed by atoms with van der Waals surface area (Å²) < 4.78 is 4.81. The van der Waals surface area contributed by atoms with Crippen LogP contribution in [-0.4, -0.2) is 24.5 Å². The van der Waals surface area contributed by atoms with Gasteiger partial charge in [0.25, 0.3) is 5.91 Å².